The lowest BCUT2D eigenvalue weighted by Crippen LogP contribution is -2.35. The average molecular weight is 458 g/mol. The third-order valence-electron chi connectivity index (χ3n) is 5.21. The van der Waals surface area contributed by atoms with E-state index in [1.54, 1.807) is 26.3 Å². The van der Waals surface area contributed by atoms with Crippen LogP contribution in [0.5, 0.6) is 0 Å². The molecule has 0 bridgehead atoms. The summed E-state index contributed by atoms with van der Waals surface area (Å²) in [6, 6.07) is 14.6. The number of furan rings is 1. The first-order valence-corrected chi connectivity index (χ1v) is 12.1. The molecule has 1 aromatic carbocycles. The number of aryl methyl sites for hydroxylation is 2. The molecule has 162 valence electrons. The van der Waals surface area contributed by atoms with Gasteiger partial charge in [-0.15, -0.1) is 11.3 Å². The molecule has 0 N–H and O–H groups in total. The molecule has 0 saturated carbocycles. The Labute approximate surface area is 185 Å². The van der Waals surface area contributed by atoms with E-state index in [1.165, 1.54) is 15.6 Å². The number of sulfonamides is 1. The molecule has 9 heteroatoms. The molecule has 0 aliphatic carbocycles. The molecule has 1 unspecified atom stereocenters. The molecule has 4 aromatic rings. The summed E-state index contributed by atoms with van der Waals surface area (Å²) in [6.45, 7) is 3.68. The van der Waals surface area contributed by atoms with Crippen molar-refractivity contribution >= 4 is 21.4 Å². The highest BCUT2D eigenvalue weighted by Gasteiger charge is 2.29. The third-order valence-corrected chi connectivity index (χ3v) is 8.47. The minimum absolute atomic E-state index is 0.189. The third kappa shape index (κ3) is 4.48. The smallest absolute Gasteiger partial charge is 0.268 e. The quantitative estimate of drug-likeness (QED) is 0.370. The Morgan fingerprint density at radius 3 is 2.65 bits per heavy atom. The van der Waals surface area contributed by atoms with Crippen LogP contribution in [0.2, 0.25) is 0 Å². The van der Waals surface area contributed by atoms with Gasteiger partial charge in [0.1, 0.15) is 5.76 Å². The van der Waals surface area contributed by atoms with E-state index in [9.17, 15) is 8.42 Å². The highest BCUT2D eigenvalue weighted by Crippen LogP contribution is 2.35. The highest BCUT2D eigenvalue weighted by atomic mass is 32.2. The molecule has 0 amide bonds. The Bertz CT molecular complexity index is 1250. The van der Waals surface area contributed by atoms with Crippen LogP contribution in [0.25, 0.3) is 22.2 Å². The minimum Gasteiger partial charge on any atom is -0.469 e. The van der Waals surface area contributed by atoms with Gasteiger partial charge in [-0.25, -0.2) is 8.42 Å². The number of aromatic nitrogens is 2. The van der Waals surface area contributed by atoms with Crippen LogP contribution in [-0.2, 0) is 16.4 Å². The summed E-state index contributed by atoms with van der Waals surface area (Å²) in [5.74, 6) is 1.62. The maximum Gasteiger partial charge on any atom is 0.268 e. The van der Waals surface area contributed by atoms with Crippen LogP contribution in [0.1, 0.15) is 24.0 Å². The minimum atomic E-state index is -3.67. The van der Waals surface area contributed by atoms with Crippen molar-refractivity contribution in [3.05, 3.63) is 65.4 Å². The fraction of sp³-hybridized carbons (Fsp3) is 0.273. The Hall–Kier alpha value is -2.75. The van der Waals surface area contributed by atoms with E-state index in [-0.39, 0.29) is 10.9 Å². The van der Waals surface area contributed by atoms with Crippen LogP contribution in [0, 0.1) is 6.92 Å². The molecule has 3 aromatic heterocycles. The van der Waals surface area contributed by atoms with Gasteiger partial charge in [0.25, 0.3) is 5.89 Å². The first-order valence-electron chi connectivity index (χ1n) is 9.86. The standard InChI is InChI=1S/C22H23N3O4S2/c1-15(11-12-18-10-7-13-28-18)25(3)31(26,27)20-14-19(30-16(20)2)22-23-21(24-29-22)17-8-5-4-6-9-17/h4-10,13-15H,11-12H2,1-3H3. The molecule has 0 radical (unpaired) electrons. The van der Waals surface area contributed by atoms with Gasteiger partial charge in [0.2, 0.25) is 15.8 Å². The van der Waals surface area contributed by atoms with Crippen LogP contribution < -0.4 is 0 Å². The van der Waals surface area contributed by atoms with Crippen LogP contribution in [0.4, 0.5) is 0 Å². The fourth-order valence-electron chi connectivity index (χ4n) is 3.23. The van der Waals surface area contributed by atoms with E-state index in [0.717, 1.165) is 11.3 Å². The molecule has 0 saturated heterocycles. The van der Waals surface area contributed by atoms with Gasteiger partial charge >= 0.3 is 0 Å². The number of hydrogen-bond donors (Lipinski definition) is 0. The number of thiophene rings is 1. The Morgan fingerprint density at radius 1 is 1.16 bits per heavy atom. The van der Waals surface area contributed by atoms with Gasteiger partial charge in [-0.05, 0) is 38.5 Å². The normalized spacial score (nSPS) is 13.0. The van der Waals surface area contributed by atoms with Gasteiger partial charge in [0.05, 0.1) is 16.0 Å². The molecule has 3 heterocycles. The van der Waals surface area contributed by atoms with Gasteiger partial charge in [-0.3, -0.25) is 0 Å². The van der Waals surface area contributed by atoms with E-state index in [4.69, 9.17) is 8.94 Å². The van der Waals surface area contributed by atoms with Gasteiger partial charge in [-0.1, -0.05) is 35.5 Å². The Balaban J connectivity index is 1.54. The maximum atomic E-state index is 13.3. The zero-order valence-electron chi connectivity index (χ0n) is 17.5. The summed E-state index contributed by atoms with van der Waals surface area (Å²) in [6.07, 6.45) is 2.95. The molecule has 0 aliphatic rings. The lowest BCUT2D eigenvalue weighted by Gasteiger charge is -2.24. The van der Waals surface area contributed by atoms with Crippen LogP contribution in [0.15, 0.2) is 68.6 Å². The molecule has 0 fully saturated rings. The number of rotatable bonds is 8. The van der Waals surface area contributed by atoms with E-state index in [0.29, 0.717) is 34.3 Å². The summed E-state index contributed by atoms with van der Waals surface area (Å²) in [7, 11) is -2.06. The van der Waals surface area contributed by atoms with Crippen molar-refractivity contribution in [3.63, 3.8) is 0 Å². The van der Waals surface area contributed by atoms with Gasteiger partial charge in [0.15, 0.2) is 0 Å². The van der Waals surface area contributed by atoms with E-state index >= 15 is 0 Å². The monoisotopic (exact) mass is 457 g/mol. The maximum absolute atomic E-state index is 13.3. The largest absolute Gasteiger partial charge is 0.469 e. The van der Waals surface area contributed by atoms with Gasteiger partial charge in [-0.2, -0.15) is 9.29 Å². The summed E-state index contributed by atoms with van der Waals surface area (Å²) >= 11 is 1.33. The van der Waals surface area contributed by atoms with Crippen molar-refractivity contribution in [1.82, 2.24) is 14.4 Å². The molecule has 1 atom stereocenters. The first kappa shape index (κ1) is 21.5. The summed E-state index contributed by atoms with van der Waals surface area (Å²) < 4.78 is 38.7. The van der Waals surface area contributed by atoms with Crippen LogP contribution in [-0.4, -0.2) is 36.0 Å². The molecule has 0 spiro atoms. The van der Waals surface area contributed by atoms with Crippen molar-refractivity contribution < 1.29 is 17.4 Å². The zero-order chi connectivity index (χ0) is 22.0. The Morgan fingerprint density at radius 2 is 1.94 bits per heavy atom. The second kappa shape index (κ2) is 8.78. The lowest BCUT2D eigenvalue weighted by atomic mass is 10.1. The highest BCUT2D eigenvalue weighted by molar-refractivity contribution is 7.89. The summed E-state index contributed by atoms with van der Waals surface area (Å²) in [4.78, 5) is 6.01. The van der Waals surface area contributed by atoms with Crippen molar-refractivity contribution in [2.24, 2.45) is 0 Å². The summed E-state index contributed by atoms with van der Waals surface area (Å²) in [5.41, 5.74) is 0.837. The summed E-state index contributed by atoms with van der Waals surface area (Å²) in [5, 5.41) is 4.03. The molecular weight excluding hydrogens is 434 g/mol. The number of hydrogen-bond acceptors (Lipinski definition) is 7. The van der Waals surface area contributed by atoms with Crippen molar-refractivity contribution in [2.75, 3.05) is 7.05 Å². The SMILES string of the molecule is Cc1sc(-c2nc(-c3ccccc3)no2)cc1S(=O)(=O)N(C)C(C)CCc1ccco1. The molecule has 0 aliphatic heterocycles. The number of benzene rings is 1. The second-order valence-electron chi connectivity index (χ2n) is 7.31. The van der Waals surface area contributed by atoms with Crippen LogP contribution >= 0.6 is 11.3 Å². The van der Waals surface area contributed by atoms with Crippen LogP contribution in [0.3, 0.4) is 0 Å². The van der Waals surface area contributed by atoms with E-state index < -0.39 is 10.0 Å². The van der Waals surface area contributed by atoms with E-state index in [1.807, 2.05) is 49.4 Å². The van der Waals surface area contributed by atoms with Crippen molar-refractivity contribution in [2.45, 2.75) is 37.6 Å². The predicted molar refractivity (Wildman–Crippen MR) is 119 cm³/mol. The van der Waals surface area contributed by atoms with Crippen molar-refractivity contribution in [1.29, 1.82) is 0 Å². The second-order valence-corrected chi connectivity index (χ2v) is 10.5. The molecule has 7 nitrogen and oxygen atoms in total. The van der Waals surface area contributed by atoms with E-state index in [2.05, 4.69) is 10.1 Å². The predicted octanol–water partition coefficient (Wildman–Crippen LogP) is 5.01. The average Bonchev–Trinajstić information content (AvgIpc) is 3.52. The molecular formula is C22H23N3O4S2. The lowest BCUT2D eigenvalue weighted by molar-refractivity contribution is 0.361. The number of nitrogens with zero attached hydrogens (tertiary/aromatic N) is 3. The van der Waals surface area contributed by atoms with Gasteiger partial charge in [0, 0.05) is 30.0 Å². The Kier molecular flexibility index (Phi) is 6.08. The van der Waals surface area contributed by atoms with Crippen molar-refractivity contribution in [3.8, 4) is 22.2 Å². The fourth-order valence-corrected chi connectivity index (χ4v) is 6.11. The van der Waals surface area contributed by atoms with Gasteiger partial charge < -0.3 is 8.94 Å². The zero-order valence-corrected chi connectivity index (χ0v) is 19.1. The topological polar surface area (TPSA) is 89.4 Å². The molecule has 31 heavy (non-hydrogen) atoms. The molecule has 4 rings (SSSR count). The first-order chi connectivity index (χ1) is 14.9.